The number of esters is 4. The Morgan fingerprint density at radius 1 is 0.259 bits per heavy atom. The van der Waals surface area contributed by atoms with Gasteiger partial charge in [-0.15, -0.1) is 0 Å². The summed E-state index contributed by atoms with van der Waals surface area (Å²) in [6, 6.07) is 0. The highest BCUT2D eigenvalue weighted by molar-refractivity contribution is 7.47. The Hall–Kier alpha value is -6.88. The predicted octanol–water partition coefficient (Wildman–Crippen LogP) is 23.4. The zero-order valence-corrected chi connectivity index (χ0v) is 67.7. The molecular formula is C89H136O17P2. The van der Waals surface area contributed by atoms with E-state index in [9.17, 15) is 43.2 Å². The average molecular weight is 1540 g/mol. The Labute approximate surface area is 651 Å². The van der Waals surface area contributed by atoms with E-state index >= 15 is 0 Å². The molecular weight excluding hydrogens is 1400 g/mol. The van der Waals surface area contributed by atoms with Gasteiger partial charge in [0.1, 0.15) is 19.3 Å². The molecule has 0 rings (SSSR count). The SMILES string of the molecule is CC/C=C\C/C=C\C/C=C\C/C=C\C/C=C\C/C=C\CCC(=O)OCC(COP(=O)(O)OCC(O)COP(=O)(O)OCC(COC(=O)CCCCCC/C=C\C/C=C\C/C=C\C/C=C\CC)OC(=O)CCCC/C=C\C/C=C\C/C=C\C/C=C\CC)OC(=O)CCC/C=C\C/C=C\C/C=C\C/C=C\C/C=C\CC. The van der Waals surface area contributed by atoms with Gasteiger partial charge in [0.15, 0.2) is 12.2 Å². The minimum absolute atomic E-state index is 0.0118. The number of rotatable bonds is 71. The minimum atomic E-state index is -5.03. The third-order valence-electron chi connectivity index (χ3n) is 15.1. The number of allylic oxidation sites excluding steroid dienone is 38. The van der Waals surface area contributed by atoms with Gasteiger partial charge in [-0.1, -0.05) is 271 Å². The molecule has 0 spiro atoms. The molecule has 5 unspecified atom stereocenters. The second kappa shape index (κ2) is 78.2. The van der Waals surface area contributed by atoms with Gasteiger partial charge in [-0.3, -0.25) is 37.3 Å². The first kappa shape index (κ1) is 101. The first-order valence-corrected chi connectivity index (χ1v) is 42.6. The van der Waals surface area contributed by atoms with Crippen LogP contribution in [0, 0.1) is 0 Å². The van der Waals surface area contributed by atoms with Crippen molar-refractivity contribution in [3.63, 3.8) is 0 Å². The average Bonchev–Trinajstić information content (AvgIpc) is 0.906. The molecule has 3 N–H and O–H groups in total. The summed E-state index contributed by atoms with van der Waals surface area (Å²) in [4.78, 5) is 73.0. The number of unbranched alkanes of at least 4 members (excludes halogenated alkanes) is 7. The molecule has 0 aromatic heterocycles. The van der Waals surface area contributed by atoms with Gasteiger partial charge < -0.3 is 33.8 Å². The normalized spacial score (nSPS) is 15.1. The molecule has 5 atom stereocenters. The number of aliphatic hydroxyl groups is 1. The molecule has 108 heavy (non-hydrogen) atoms. The van der Waals surface area contributed by atoms with Crippen molar-refractivity contribution < 1.29 is 80.2 Å². The second-order valence-corrected chi connectivity index (χ2v) is 28.0. The smallest absolute Gasteiger partial charge is 0.462 e. The first-order valence-electron chi connectivity index (χ1n) is 39.6. The van der Waals surface area contributed by atoms with Crippen LogP contribution in [0.3, 0.4) is 0 Å². The van der Waals surface area contributed by atoms with Crippen molar-refractivity contribution in [3.05, 3.63) is 231 Å². The van der Waals surface area contributed by atoms with E-state index in [1.165, 1.54) is 0 Å². The van der Waals surface area contributed by atoms with E-state index < -0.39 is 97.5 Å². The van der Waals surface area contributed by atoms with E-state index in [2.05, 4.69) is 228 Å². The van der Waals surface area contributed by atoms with Crippen LogP contribution in [-0.2, 0) is 65.4 Å². The van der Waals surface area contributed by atoms with Gasteiger partial charge in [0.2, 0.25) is 0 Å². The lowest BCUT2D eigenvalue weighted by atomic mass is 10.1. The van der Waals surface area contributed by atoms with Crippen LogP contribution in [0.5, 0.6) is 0 Å². The van der Waals surface area contributed by atoms with E-state index in [1.807, 2.05) is 30.4 Å². The van der Waals surface area contributed by atoms with Gasteiger partial charge in [0.05, 0.1) is 26.4 Å². The van der Waals surface area contributed by atoms with Crippen LogP contribution >= 0.6 is 15.6 Å². The third-order valence-corrected chi connectivity index (χ3v) is 17.0. The molecule has 0 amide bonds. The number of phosphoric ester groups is 2. The molecule has 0 aromatic rings. The summed E-state index contributed by atoms with van der Waals surface area (Å²) in [5.74, 6) is -2.45. The van der Waals surface area contributed by atoms with Crippen molar-refractivity contribution in [1.29, 1.82) is 0 Å². The van der Waals surface area contributed by atoms with Crippen molar-refractivity contribution in [1.82, 2.24) is 0 Å². The fraction of sp³-hybridized carbons (Fsp3) is 0.528. The van der Waals surface area contributed by atoms with Crippen LogP contribution in [0.2, 0.25) is 0 Å². The maximum atomic E-state index is 13.1. The quantitative estimate of drug-likeness (QED) is 0.0169. The number of carbonyl (C=O) groups is 4. The maximum Gasteiger partial charge on any atom is 0.472 e. The first-order chi connectivity index (χ1) is 52.7. The highest BCUT2D eigenvalue weighted by Crippen LogP contribution is 2.45. The van der Waals surface area contributed by atoms with Crippen molar-refractivity contribution in [2.45, 2.75) is 264 Å². The Morgan fingerprint density at radius 2 is 0.481 bits per heavy atom. The van der Waals surface area contributed by atoms with Gasteiger partial charge in [-0.25, -0.2) is 9.13 Å². The lowest BCUT2D eigenvalue weighted by Crippen LogP contribution is -2.30. The summed E-state index contributed by atoms with van der Waals surface area (Å²) in [5, 5.41) is 10.6. The standard InChI is InChI=1S/C89H136O17P2/c1-5-9-13-17-21-25-29-33-37-40-41-44-47-50-54-58-62-66-70-74-87(92)100-80-85(106-89(94)76-72-68-64-60-56-52-48-43-39-35-31-27-23-19-15-11-7-3)82-104-108(97,98)102-78-83(90)77-101-107(95,96)103-81-84(105-88(93)75-71-67-63-59-55-51-45-36-32-28-24-20-16-12-8-4)79-99-86(91)73-69-65-61-57-53-49-46-42-38-34-30-26-22-18-14-10-6-2/h9-16,21-28,33-39,41,44-46,48-50,52,54-55,59-60,62,64,66,83-85,90H,5-8,17-20,29-32,40,42-43,47,51,53,56-58,61,63,65,67-82H2,1-4H3,(H,95,96)(H,97,98)/b13-9-,14-10-,15-11-,16-12-,25-21-,26-22-,27-23-,28-24-,37-33-,38-34-,39-35-,44-41-,45-36-,49-46-,52-48-,54-50-,59-55-,64-60-,66-62-. The van der Waals surface area contributed by atoms with E-state index in [-0.39, 0.29) is 25.7 Å². The third kappa shape index (κ3) is 77.3. The Balaban J connectivity index is 5.58. The minimum Gasteiger partial charge on any atom is -0.462 e. The molecule has 0 saturated carbocycles. The highest BCUT2D eigenvalue weighted by atomic mass is 31.2. The van der Waals surface area contributed by atoms with Crippen LogP contribution in [0.1, 0.15) is 246 Å². The summed E-state index contributed by atoms with van der Waals surface area (Å²) in [6.45, 7) is 4.13. The van der Waals surface area contributed by atoms with Crippen LogP contribution < -0.4 is 0 Å². The zero-order chi connectivity index (χ0) is 78.9. The van der Waals surface area contributed by atoms with Crippen molar-refractivity contribution in [2.24, 2.45) is 0 Å². The number of hydrogen-bond donors (Lipinski definition) is 3. The van der Waals surface area contributed by atoms with Crippen LogP contribution in [0.4, 0.5) is 0 Å². The lowest BCUT2D eigenvalue weighted by Gasteiger charge is -2.21. The molecule has 19 heteroatoms. The zero-order valence-electron chi connectivity index (χ0n) is 65.9. The van der Waals surface area contributed by atoms with Crippen molar-refractivity contribution >= 4 is 39.5 Å². The summed E-state index contributed by atoms with van der Waals surface area (Å²) >= 11 is 0. The lowest BCUT2D eigenvalue weighted by molar-refractivity contribution is -0.161. The van der Waals surface area contributed by atoms with Gasteiger partial charge in [-0.05, 0) is 180 Å². The molecule has 0 fully saturated rings. The molecule has 0 radical (unpaired) electrons. The number of ether oxygens (including phenoxy) is 4. The number of phosphoric acid groups is 2. The summed E-state index contributed by atoms with van der Waals surface area (Å²) in [6.07, 6.45) is 101. The molecule has 0 bridgehead atoms. The Bertz CT molecular complexity index is 2960. The number of aliphatic hydroxyl groups excluding tert-OH is 1. The molecule has 0 aliphatic heterocycles. The summed E-state index contributed by atoms with van der Waals surface area (Å²) in [5.41, 5.74) is 0. The van der Waals surface area contributed by atoms with Crippen molar-refractivity contribution in [3.8, 4) is 0 Å². The maximum absolute atomic E-state index is 13.1. The number of carbonyl (C=O) groups excluding carboxylic acids is 4. The fourth-order valence-corrected chi connectivity index (χ4v) is 10.8. The van der Waals surface area contributed by atoms with E-state index in [0.717, 1.165) is 148 Å². The fourth-order valence-electron chi connectivity index (χ4n) is 9.26. The van der Waals surface area contributed by atoms with Gasteiger partial charge in [-0.2, -0.15) is 0 Å². The number of hydrogen-bond acceptors (Lipinski definition) is 15. The molecule has 0 saturated heterocycles. The molecule has 0 aromatic carbocycles. The molecule has 0 heterocycles. The molecule has 0 aliphatic rings. The second-order valence-electron chi connectivity index (χ2n) is 25.1. The molecule has 0 aliphatic carbocycles. The Morgan fingerprint density at radius 3 is 0.796 bits per heavy atom. The predicted molar refractivity (Wildman–Crippen MR) is 444 cm³/mol. The van der Waals surface area contributed by atoms with Crippen LogP contribution in [0.15, 0.2) is 231 Å². The Kier molecular flexibility index (Phi) is 73.3. The largest absolute Gasteiger partial charge is 0.472 e. The molecule has 17 nitrogen and oxygen atoms in total. The summed E-state index contributed by atoms with van der Waals surface area (Å²) in [7, 11) is -10.0. The van der Waals surface area contributed by atoms with Crippen LogP contribution in [0.25, 0.3) is 0 Å². The topological polar surface area (TPSA) is 237 Å². The van der Waals surface area contributed by atoms with Gasteiger partial charge >= 0.3 is 39.5 Å². The highest BCUT2D eigenvalue weighted by Gasteiger charge is 2.30. The van der Waals surface area contributed by atoms with E-state index in [4.69, 9.17) is 37.0 Å². The molecule has 604 valence electrons. The van der Waals surface area contributed by atoms with E-state index in [1.54, 1.807) is 0 Å². The summed E-state index contributed by atoms with van der Waals surface area (Å²) < 4.78 is 68.4. The van der Waals surface area contributed by atoms with E-state index in [0.29, 0.717) is 44.9 Å². The monoisotopic (exact) mass is 1540 g/mol. The van der Waals surface area contributed by atoms with Gasteiger partial charge in [0, 0.05) is 25.7 Å². The van der Waals surface area contributed by atoms with Crippen molar-refractivity contribution in [2.75, 3.05) is 39.6 Å². The van der Waals surface area contributed by atoms with Gasteiger partial charge in [0.25, 0.3) is 0 Å². The van der Waals surface area contributed by atoms with Crippen LogP contribution in [-0.4, -0.2) is 96.7 Å².